The van der Waals surface area contributed by atoms with Gasteiger partial charge in [-0.3, -0.25) is 0 Å². The number of halogens is 1. The standard InChI is InChI=1S/C14H22N2O2S.ClH/c15-14-7-5-12(6-8-14)9-10-16-19(17,18)11-13-3-1-2-4-13;/h5-8,13,16H,1-4,9-11,15H2;1H. The molecular weight excluding hydrogens is 296 g/mol. The van der Waals surface area contributed by atoms with Crippen LogP contribution in [0.4, 0.5) is 5.69 Å². The number of hydrogen-bond donors (Lipinski definition) is 2. The van der Waals surface area contributed by atoms with Gasteiger partial charge in [0.15, 0.2) is 0 Å². The fourth-order valence-corrected chi connectivity index (χ4v) is 4.07. The highest BCUT2D eigenvalue weighted by molar-refractivity contribution is 7.89. The lowest BCUT2D eigenvalue weighted by Crippen LogP contribution is -2.30. The molecule has 0 radical (unpaired) electrons. The summed E-state index contributed by atoms with van der Waals surface area (Å²) < 4.78 is 26.5. The summed E-state index contributed by atoms with van der Waals surface area (Å²) in [5.41, 5.74) is 7.43. The first-order chi connectivity index (χ1) is 9.05. The van der Waals surface area contributed by atoms with Crippen molar-refractivity contribution in [2.24, 2.45) is 5.92 Å². The van der Waals surface area contributed by atoms with E-state index in [9.17, 15) is 8.42 Å². The molecule has 0 aliphatic heterocycles. The van der Waals surface area contributed by atoms with Gasteiger partial charge >= 0.3 is 0 Å². The van der Waals surface area contributed by atoms with Crippen molar-refractivity contribution in [1.29, 1.82) is 0 Å². The molecule has 1 aromatic carbocycles. The van der Waals surface area contributed by atoms with Crippen molar-refractivity contribution in [2.45, 2.75) is 32.1 Å². The Labute approximate surface area is 127 Å². The Balaban J connectivity index is 0.00000200. The van der Waals surface area contributed by atoms with Crippen LogP contribution in [0.15, 0.2) is 24.3 Å². The summed E-state index contributed by atoms with van der Waals surface area (Å²) in [6.45, 7) is 0.457. The highest BCUT2D eigenvalue weighted by atomic mass is 35.5. The average Bonchev–Trinajstić information content (AvgIpc) is 2.83. The molecule has 1 aliphatic carbocycles. The van der Waals surface area contributed by atoms with Crippen LogP contribution >= 0.6 is 12.4 Å². The number of anilines is 1. The molecule has 3 N–H and O–H groups in total. The minimum Gasteiger partial charge on any atom is -0.399 e. The molecule has 4 nitrogen and oxygen atoms in total. The Morgan fingerprint density at radius 1 is 1.15 bits per heavy atom. The Hall–Kier alpha value is -0.780. The SMILES string of the molecule is Cl.Nc1ccc(CCNS(=O)(=O)CC2CCCC2)cc1. The van der Waals surface area contributed by atoms with Gasteiger partial charge in [0.2, 0.25) is 10.0 Å². The first kappa shape index (κ1) is 17.3. The van der Waals surface area contributed by atoms with Gasteiger partial charge in [-0.25, -0.2) is 13.1 Å². The van der Waals surface area contributed by atoms with Crippen LogP contribution in [0.3, 0.4) is 0 Å². The Morgan fingerprint density at radius 3 is 2.35 bits per heavy atom. The Bertz CT molecular complexity index is 496. The third kappa shape index (κ3) is 5.69. The first-order valence-electron chi connectivity index (χ1n) is 6.87. The zero-order valence-electron chi connectivity index (χ0n) is 11.5. The van der Waals surface area contributed by atoms with E-state index in [2.05, 4.69) is 4.72 Å². The zero-order valence-corrected chi connectivity index (χ0v) is 13.2. The lowest BCUT2D eigenvalue weighted by Gasteiger charge is -2.11. The maximum Gasteiger partial charge on any atom is 0.211 e. The molecule has 0 bridgehead atoms. The van der Waals surface area contributed by atoms with Crippen LogP contribution in [0.1, 0.15) is 31.2 Å². The molecule has 114 valence electrons. The zero-order chi connectivity index (χ0) is 13.7. The molecule has 1 fully saturated rings. The number of benzene rings is 1. The van der Waals surface area contributed by atoms with E-state index in [0.29, 0.717) is 18.9 Å². The molecule has 1 aliphatic rings. The number of hydrogen-bond acceptors (Lipinski definition) is 3. The molecule has 20 heavy (non-hydrogen) atoms. The van der Waals surface area contributed by atoms with Crippen LogP contribution in [-0.2, 0) is 16.4 Å². The molecule has 0 unspecified atom stereocenters. The van der Waals surface area contributed by atoms with Crippen LogP contribution in [0.2, 0.25) is 0 Å². The number of sulfonamides is 1. The van der Waals surface area contributed by atoms with Gasteiger partial charge in [-0.1, -0.05) is 25.0 Å². The van der Waals surface area contributed by atoms with Gasteiger partial charge < -0.3 is 5.73 Å². The predicted octanol–water partition coefficient (Wildman–Crippen LogP) is 2.34. The highest BCUT2D eigenvalue weighted by Gasteiger charge is 2.21. The second kappa shape index (κ2) is 7.86. The summed E-state index contributed by atoms with van der Waals surface area (Å²) in [5.74, 6) is 0.642. The van der Waals surface area contributed by atoms with E-state index in [1.807, 2.05) is 24.3 Å². The molecular formula is C14H23ClN2O2S. The molecule has 0 aromatic heterocycles. The molecule has 0 atom stereocenters. The smallest absolute Gasteiger partial charge is 0.211 e. The van der Waals surface area contributed by atoms with Gasteiger partial charge in [-0.2, -0.15) is 0 Å². The molecule has 0 heterocycles. The van der Waals surface area contributed by atoms with Gasteiger partial charge in [0.25, 0.3) is 0 Å². The third-order valence-electron chi connectivity index (χ3n) is 3.65. The van der Waals surface area contributed by atoms with E-state index >= 15 is 0 Å². The third-order valence-corrected chi connectivity index (χ3v) is 5.20. The summed E-state index contributed by atoms with van der Waals surface area (Å²) in [5, 5.41) is 0. The van der Waals surface area contributed by atoms with E-state index < -0.39 is 10.0 Å². The minimum atomic E-state index is -3.12. The second-order valence-corrected chi connectivity index (χ2v) is 7.17. The monoisotopic (exact) mass is 318 g/mol. The minimum absolute atomic E-state index is 0. The molecule has 1 aromatic rings. The summed E-state index contributed by atoms with van der Waals surface area (Å²) in [7, 11) is -3.12. The van der Waals surface area contributed by atoms with E-state index in [-0.39, 0.29) is 18.2 Å². The summed E-state index contributed by atoms with van der Waals surface area (Å²) in [4.78, 5) is 0. The lowest BCUT2D eigenvalue weighted by molar-refractivity contribution is 0.547. The van der Waals surface area contributed by atoms with Gasteiger partial charge in [-0.05, 0) is 42.9 Å². The van der Waals surface area contributed by atoms with Gasteiger partial charge in [0, 0.05) is 12.2 Å². The van der Waals surface area contributed by atoms with Crippen molar-refractivity contribution in [3.63, 3.8) is 0 Å². The van der Waals surface area contributed by atoms with Gasteiger partial charge in [0.05, 0.1) is 5.75 Å². The van der Waals surface area contributed by atoms with Crippen molar-refractivity contribution >= 4 is 28.1 Å². The molecule has 6 heteroatoms. The quantitative estimate of drug-likeness (QED) is 0.791. The van der Waals surface area contributed by atoms with Crippen molar-refractivity contribution in [3.8, 4) is 0 Å². The van der Waals surface area contributed by atoms with Crippen molar-refractivity contribution in [3.05, 3.63) is 29.8 Å². The largest absolute Gasteiger partial charge is 0.399 e. The topological polar surface area (TPSA) is 72.2 Å². The number of nitrogen functional groups attached to an aromatic ring is 1. The first-order valence-corrected chi connectivity index (χ1v) is 8.52. The highest BCUT2D eigenvalue weighted by Crippen LogP contribution is 2.25. The van der Waals surface area contributed by atoms with E-state index in [4.69, 9.17) is 5.73 Å². The maximum absolute atomic E-state index is 11.9. The van der Waals surface area contributed by atoms with E-state index in [1.165, 1.54) is 12.8 Å². The van der Waals surface area contributed by atoms with Crippen LogP contribution in [0, 0.1) is 5.92 Å². The van der Waals surface area contributed by atoms with Crippen LogP contribution in [0.5, 0.6) is 0 Å². The molecule has 0 amide bonds. The van der Waals surface area contributed by atoms with Crippen molar-refractivity contribution in [2.75, 3.05) is 18.0 Å². The molecule has 1 saturated carbocycles. The number of rotatable bonds is 6. The fourth-order valence-electron chi connectivity index (χ4n) is 2.58. The number of nitrogens with two attached hydrogens (primary N) is 1. The maximum atomic E-state index is 11.9. The molecule has 0 spiro atoms. The lowest BCUT2D eigenvalue weighted by atomic mass is 10.1. The molecule has 0 saturated heterocycles. The van der Waals surface area contributed by atoms with Crippen LogP contribution in [-0.4, -0.2) is 20.7 Å². The molecule has 2 rings (SSSR count). The summed E-state index contributed by atoms with van der Waals surface area (Å²) in [6, 6.07) is 7.53. The van der Waals surface area contributed by atoms with Crippen molar-refractivity contribution < 1.29 is 8.42 Å². The normalized spacial score (nSPS) is 16.0. The van der Waals surface area contributed by atoms with E-state index in [1.54, 1.807) is 0 Å². The fraction of sp³-hybridized carbons (Fsp3) is 0.571. The van der Waals surface area contributed by atoms with Crippen LogP contribution < -0.4 is 10.5 Å². The van der Waals surface area contributed by atoms with Crippen LogP contribution in [0.25, 0.3) is 0 Å². The van der Waals surface area contributed by atoms with Crippen molar-refractivity contribution in [1.82, 2.24) is 4.72 Å². The van der Waals surface area contributed by atoms with Gasteiger partial charge in [0.1, 0.15) is 0 Å². The second-order valence-electron chi connectivity index (χ2n) is 5.32. The average molecular weight is 319 g/mol. The Morgan fingerprint density at radius 2 is 1.75 bits per heavy atom. The predicted molar refractivity (Wildman–Crippen MR) is 85.6 cm³/mol. The Kier molecular flexibility index (Phi) is 6.79. The summed E-state index contributed by atoms with van der Waals surface area (Å²) in [6.07, 6.45) is 5.15. The summed E-state index contributed by atoms with van der Waals surface area (Å²) >= 11 is 0. The van der Waals surface area contributed by atoms with E-state index in [0.717, 1.165) is 24.1 Å². The number of nitrogens with one attached hydrogen (secondary N) is 1. The van der Waals surface area contributed by atoms with Gasteiger partial charge in [-0.15, -0.1) is 12.4 Å².